The Morgan fingerprint density at radius 3 is 2.54 bits per heavy atom. The van der Waals surface area contributed by atoms with Gasteiger partial charge in [0, 0.05) is 24.8 Å². The van der Waals surface area contributed by atoms with E-state index >= 15 is 0 Å². The molecule has 2 saturated heterocycles. The molecular formula is C21H28BrClN4O. The third-order valence-electron chi connectivity index (χ3n) is 5.78. The van der Waals surface area contributed by atoms with Crippen molar-refractivity contribution in [2.24, 2.45) is 0 Å². The SMILES string of the molecule is Br.Cc1cc(C)n(-c2ccc(Cl)c(C(=O)N3CCCC(N4CCCC4)C3)c2)n1. The fourth-order valence-corrected chi connectivity index (χ4v) is 4.61. The number of benzene rings is 1. The van der Waals surface area contributed by atoms with Gasteiger partial charge < -0.3 is 4.90 Å². The second-order valence-electron chi connectivity index (χ2n) is 7.79. The summed E-state index contributed by atoms with van der Waals surface area (Å²) in [4.78, 5) is 17.8. The summed E-state index contributed by atoms with van der Waals surface area (Å²) in [6.45, 7) is 7.93. The smallest absolute Gasteiger partial charge is 0.255 e. The van der Waals surface area contributed by atoms with Crippen LogP contribution in [0.3, 0.4) is 0 Å². The van der Waals surface area contributed by atoms with Gasteiger partial charge in [0.05, 0.1) is 22.0 Å². The summed E-state index contributed by atoms with van der Waals surface area (Å²) in [5.41, 5.74) is 3.45. The van der Waals surface area contributed by atoms with Crippen LogP contribution in [0.1, 0.15) is 47.4 Å². The highest BCUT2D eigenvalue weighted by molar-refractivity contribution is 8.93. The Balaban J connectivity index is 0.00000225. The van der Waals surface area contributed by atoms with Gasteiger partial charge in [-0.1, -0.05) is 11.6 Å². The summed E-state index contributed by atoms with van der Waals surface area (Å²) in [5.74, 6) is 0.0345. The standard InChI is InChI=1S/C21H27ClN4O.BrH/c1-15-12-16(2)26(23-15)17-7-8-20(22)19(13-17)21(27)25-11-5-6-18(14-25)24-9-3-4-10-24;/h7-8,12-13,18H,3-6,9-11,14H2,1-2H3;1H. The van der Waals surface area contributed by atoms with Gasteiger partial charge in [-0.25, -0.2) is 4.68 Å². The molecule has 3 heterocycles. The first-order valence-corrected chi connectivity index (χ1v) is 10.3. The van der Waals surface area contributed by atoms with Crippen molar-refractivity contribution in [3.05, 3.63) is 46.2 Å². The lowest BCUT2D eigenvalue weighted by Gasteiger charge is -2.37. The maximum absolute atomic E-state index is 13.2. The first kappa shape index (κ1) is 21.3. The number of likely N-dealkylation sites (tertiary alicyclic amines) is 2. The molecule has 1 unspecified atom stereocenters. The fourth-order valence-electron chi connectivity index (χ4n) is 4.41. The largest absolute Gasteiger partial charge is 0.337 e. The number of aryl methyl sites for hydroxylation is 2. The Bertz CT molecular complexity index is 847. The van der Waals surface area contributed by atoms with E-state index in [1.807, 2.05) is 47.7 Å². The second kappa shape index (κ2) is 8.97. The number of carbonyl (C=O) groups excluding carboxylic acids is 1. The Kier molecular flexibility index (Phi) is 6.84. The van der Waals surface area contributed by atoms with Gasteiger partial charge in [0.25, 0.3) is 5.91 Å². The predicted octanol–water partition coefficient (Wildman–Crippen LogP) is 4.42. The lowest BCUT2D eigenvalue weighted by molar-refractivity contribution is 0.0608. The average molecular weight is 468 g/mol. The van der Waals surface area contributed by atoms with Gasteiger partial charge >= 0.3 is 0 Å². The van der Waals surface area contributed by atoms with Gasteiger partial charge in [0.2, 0.25) is 0 Å². The third kappa shape index (κ3) is 4.29. The Morgan fingerprint density at radius 1 is 1.11 bits per heavy atom. The topological polar surface area (TPSA) is 41.4 Å². The molecule has 4 rings (SSSR count). The van der Waals surface area contributed by atoms with Crippen LogP contribution in [0.2, 0.25) is 5.02 Å². The predicted molar refractivity (Wildman–Crippen MR) is 118 cm³/mol. The van der Waals surface area contributed by atoms with E-state index in [2.05, 4.69) is 10.00 Å². The van der Waals surface area contributed by atoms with Crippen LogP contribution in [-0.2, 0) is 0 Å². The van der Waals surface area contributed by atoms with Crippen molar-refractivity contribution in [1.82, 2.24) is 19.6 Å². The van der Waals surface area contributed by atoms with E-state index in [0.717, 1.165) is 36.6 Å². The number of hydrogen-bond acceptors (Lipinski definition) is 3. The first-order chi connectivity index (χ1) is 13.0. The van der Waals surface area contributed by atoms with E-state index in [1.54, 1.807) is 0 Å². The van der Waals surface area contributed by atoms with Crippen molar-refractivity contribution < 1.29 is 4.79 Å². The number of piperidine rings is 1. The van der Waals surface area contributed by atoms with E-state index in [4.69, 9.17) is 11.6 Å². The van der Waals surface area contributed by atoms with Crippen LogP contribution in [-0.4, -0.2) is 57.7 Å². The van der Waals surface area contributed by atoms with Gasteiger partial charge in [-0.15, -0.1) is 17.0 Å². The van der Waals surface area contributed by atoms with Crippen molar-refractivity contribution in [2.75, 3.05) is 26.2 Å². The van der Waals surface area contributed by atoms with Crippen LogP contribution in [0.25, 0.3) is 5.69 Å². The van der Waals surface area contributed by atoms with E-state index in [0.29, 0.717) is 16.6 Å². The quantitative estimate of drug-likeness (QED) is 0.671. The second-order valence-corrected chi connectivity index (χ2v) is 8.20. The third-order valence-corrected chi connectivity index (χ3v) is 6.10. The minimum Gasteiger partial charge on any atom is -0.337 e. The number of amides is 1. The van der Waals surface area contributed by atoms with E-state index in [9.17, 15) is 4.79 Å². The van der Waals surface area contributed by atoms with Crippen LogP contribution < -0.4 is 0 Å². The summed E-state index contributed by atoms with van der Waals surface area (Å²) >= 11 is 6.42. The molecule has 0 N–H and O–H groups in total. The molecule has 2 aliphatic heterocycles. The highest BCUT2D eigenvalue weighted by Crippen LogP contribution is 2.26. The number of nitrogens with zero attached hydrogens (tertiary/aromatic N) is 4. The molecule has 0 aliphatic carbocycles. The zero-order valence-corrected chi connectivity index (χ0v) is 19.0. The monoisotopic (exact) mass is 466 g/mol. The minimum absolute atomic E-state index is 0. The molecule has 0 spiro atoms. The van der Waals surface area contributed by atoms with E-state index < -0.39 is 0 Å². The van der Waals surface area contributed by atoms with Crippen molar-refractivity contribution >= 4 is 34.5 Å². The number of hydrogen-bond donors (Lipinski definition) is 0. The Hall–Kier alpha value is -1.37. The molecule has 1 aromatic carbocycles. The van der Waals surface area contributed by atoms with Crippen LogP contribution in [0, 0.1) is 13.8 Å². The molecule has 5 nitrogen and oxygen atoms in total. The van der Waals surface area contributed by atoms with Crippen molar-refractivity contribution in [1.29, 1.82) is 0 Å². The van der Waals surface area contributed by atoms with Crippen molar-refractivity contribution in [2.45, 2.75) is 45.6 Å². The fraction of sp³-hybridized carbons (Fsp3) is 0.524. The number of rotatable bonds is 3. The summed E-state index contributed by atoms with van der Waals surface area (Å²) in [7, 11) is 0. The first-order valence-electron chi connectivity index (χ1n) is 9.89. The van der Waals surface area contributed by atoms with Gasteiger partial charge in [-0.3, -0.25) is 9.69 Å². The zero-order valence-electron chi connectivity index (χ0n) is 16.5. The average Bonchev–Trinajstić information content (AvgIpc) is 3.31. The summed E-state index contributed by atoms with van der Waals surface area (Å²) in [6.07, 6.45) is 4.80. The molecule has 0 saturated carbocycles. The minimum atomic E-state index is 0. The zero-order chi connectivity index (χ0) is 19.0. The highest BCUT2D eigenvalue weighted by atomic mass is 79.9. The molecule has 2 aromatic rings. The molecule has 1 atom stereocenters. The number of carbonyl (C=O) groups is 1. The Labute approximate surface area is 182 Å². The molecule has 2 aliphatic rings. The summed E-state index contributed by atoms with van der Waals surface area (Å²) in [5, 5.41) is 5.04. The van der Waals surface area contributed by atoms with Crippen LogP contribution in [0.4, 0.5) is 0 Å². The highest BCUT2D eigenvalue weighted by Gasteiger charge is 2.30. The molecule has 0 radical (unpaired) electrons. The van der Waals surface area contributed by atoms with Gasteiger partial charge in [0.15, 0.2) is 0 Å². The number of aromatic nitrogens is 2. The molecule has 152 valence electrons. The molecule has 0 bridgehead atoms. The van der Waals surface area contributed by atoms with Crippen molar-refractivity contribution in [3.63, 3.8) is 0 Å². The lowest BCUT2D eigenvalue weighted by atomic mass is 10.0. The van der Waals surface area contributed by atoms with Crippen LogP contribution in [0.15, 0.2) is 24.3 Å². The van der Waals surface area contributed by atoms with Gasteiger partial charge in [-0.2, -0.15) is 5.10 Å². The number of halogens is 2. The lowest BCUT2D eigenvalue weighted by Crippen LogP contribution is -2.49. The molecule has 7 heteroatoms. The van der Waals surface area contributed by atoms with Gasteiger partial charge in [-0.05, 0) is 76.9 Å². The van der Waals surface area contributed by atoms with Crippen LogP contribution in [0.5, 0.6) is 0 Å². The van der Waals surface area contributed by atoms with Gasteiger partial charge in [0.1, 0.15) is 0 Å². The summed E-state index contributed by atoms with van der Waals surface area (Å²) < 4.78 is 1.87. The molecule has 1 amide bonds. The molecule has 2 fully saturated rings. The Morgan fingerprint density at radius 2 is 1.86 bits per heavy atom. The maximum atomic E-state index is 13.2. The molecular weight excluding hydrogens is 440 g/mol. The van der Waals surface area contributed by atoms with E-state index in [1.165, 1.54) is 32.4 Å². The van der Waals surface area contributed by atoms with Crippen molar-refractivity contribution in [3.8, 4) is 5.69 Å². The maximum Gasteiger partial charge on any atom is 0.255 e. The normalized spacial score (nSPS) is 20.2. The molecule has 1 aromatic heterocycles. The molecule has 28 heavy (non-hydrogen) atoms. The van der Waals surface area contributed by atoms with Crippen LogP contribution >= 0.6 is 28.6 Å². The van der Waals surface area contributed by atoms with E-state index in [-0.39, 0.29) is 22.9 Å². The summed E-state index contributed by atoms with van der Waals surface area (Å²) in [6, 6.07) is 8.12.